The van der Waals surface area contributed by atoms with Crippen molar-refractivity contribution in [3.05, 3.63) is 59.7 Å². The van der Waals surface area contributed by atoms with Crippen LogP contribution < -0.4 is 15.4 Å². The second-order valence-corrected chi connectivity index (χ2v) is 7.04. The standard InChI is InChI=1S/C22H28N2O3/c1-5-16(4)23-21(25)17-6-10-19(11-7-17)24-22(26)18-8-12-20(13-9-18)27-14-15(2)3/h6-13,15-16H,5,14H2,1-4H3,(H,23,25)(H,24,26). The van der Waals surface area contributed by atoms with Gasteiger partial charge in [0.05, 0.1) is 6.61 Å². The molecule has 2 aromatic rings. The van der Waals surface area contributed by atoms with Crippen LogP contribution in [-0.2, 0) is 0 Å². The highest BCUT2D eigenvalue weighted by Gasteiger charge is 2.10. The van der Waals surface area contributed by atoms with E-state index in [4.69, 9.17) is 4.74 Å². The van der Waals surface area contributed by atoms with Crippen molar-refractivity contribution in [1.29, 1.82) is 0 Å². The molecule has 1 atom stereocenters. The average Bonchev–Trinajstić information content (AvgIpc) is 2.67. The normalized spacial score (nSPS) is 11.7. The molecule has 0 aromatic heterocycles. The van der Waals surface area contributed by atoms with E-state index in [2.05, 4.69) is 24.5 Å². The molecule has 2 aromatic carbocycles. The van der Waals surface area contributed by atoms with Crippen molar-refractivity contribution in [1.82, 2.24) is 5.32 Å². The van der Waals surface area contributed by atoms with Crippen LogP contribution in [0.25, 0.3) is 0 Å². The lowest BCUT2D eigenvalue weighted by molar-refractivity contribution is 0.0938. The summed E-state index contributed by atoms with van der Waals surface area (Å²) in [5.41, 5.74) is 1.76. The lowest BCUT2D eigenvalue weighted by Gasteiger charge is -2.12. The first-order valence-corrected chi connectivity index (χ1v) is 9.34. The van der Waals surface area contributed by atoms with Crippen molar-refractivity contribution < 1.29 is 14.3 Å². The van der Waals surface area contributed by atoms with Crippen molar-refractivity contribution in [3.8, 4) is 5.75 Å². The molecule has 1 unspecified atom stereocenters. The second-order valence-electron chi connectivity index (χ2n) is 7.04. The van der Waals surface area contributed by atoms with Gasteiger partial charge in [0.15, 0.2) is 0 Å². The first-order chi connectivity index (χ1) is 12.9. The Morgan fingerprint density at radius 3 is 2.00 bits per heavy atom. The molecule has 0 aliphatic rings. The molecule has 2 amide bonds. The van der Waals surface area contributed by atoms with E-state index in [1.165, 1.54) is 0 Å². The summed E-state index contributed by atoms with van der Waals surface area (Å²) in [6, 6.07) is 14.0. The minimum absolute atomic E-state index is 0.112. The van der Waals surface area contributed by atoms with Gasteiger partial charge in [0.25, 0.3) is 11.8 Å². The first kappa shape index (κ1) is 20.5. The topological polar surface area (TPSA) is 67.4 Å². The van der Waals surface area contributed by atoms with Crippen LogP contribution in [-0.4, -0.2) is 24.5 Å². The van der Waals surface area contributed by atoms with Crippen LogP contribution >= 0.6 is 0 Å². The number of rotatable bonds is 8. The van der Waals surface area contributed by atoms with E-state index in [0.29, 0.717) is 29.3 Å². The van der Waals surface area contributed by atoms with Crippen molar-refractivity contribution in [2.75, 3.05) is 11.9 Å². The SMILES string of the molecule is CCC(C)NC(=O)c1ccc(NC(=O)c2ccc(OCC(C)C)cc2)cc1. The summed E-state index contributed by atoms with van der Waals surface area (Å²) in [7, 11) is 0. The Labute approximate surface area is 161 Å². The van der Waals surface area contributed by atoms with E-state index in [1.54, 1.807) is 48.5 Å². The highest BCUT2D eigenvalue weighted by molar-refractivity contribution is 6.04. The molecule has 0 radical (unpaired) electrons. The molecule has 0 fully saturated rings. The van der Waals surface area contributed by atoms with Gasteiger partial charge in [-0.15, -0.1) is 0 Å². The summed E-state index contributed by atoms with van der Waals surface area (Å²) < 4.78 is 5.62. The third kappa shape index (κ3) is 6.44. The zero-order chi connectivity index (χ0) is 19.8. The van der Waals surface area contributed by atoms with Crippen LogP contribution in [0, 0.1) is 5.92 Å². The fourth-order valence-electron chi connectivity index (χ4n) is 2.28. The number of carbonyl (C=O) groups is 2. The molecule has 5 heteroatoms. The largest absolute Gasteiger partial charge is 0.493 e. The maximum Gasteiger partial charge on any atom is 0.255 e. The van der Waals surface area contributed by atoms with Crippen molar-refractivity contribution >= 4 is 17.5 Å². The zero-order valence-corrected chi connectivity index (χ0v) is 16.4. The van der Waals surface area contributed by atoms with Crippen LogP contribution in [0.2, 0.25) is 0 Å². The summed E-state index contributed by atoms with van der Waals surface area (Å²) in [6.45, 7) is 8.79. The lowest BCUT2D eigenvalue weighted by atomic mass is 10.1. The monoisotopic (exact) mass is 368 g/mol. The third-order valence-electron chi connectivity index (χ3n) is 4.09. The van der Waals surface area contributed by atoms with Gasteiger partial charge >= 0.3 is 0 Å². The Hall–Kier alpha value is -2.82. The maximum atomic E-state index is 12.4. The Balaban J connectivity index is 1.94. The third-order valence-corrected chi connectivity index (χ3v) is 4.09. The van der Waals surface area contributed by atoms with Crippen molar-refractivity contribution in [3.63, 3.8) is 0 Å². The molecule has 0 aliphatic heterocycles. The highest BCUT2D eigenvalue weighted by Crippen LogP contribution is 2.16. The lowest BCUT2D eigenvalue weighted by Crippen LogP contribution is -2.31. The van der Waals surface area contributed by atoms with Crippen molar-refractivity contribution in [2.24, 2.45) is 5.92 Å². The van der Waals surface area contributed by atoms with Gasteiger partial charge in [-0.1, -0.05) is 20.8 Å². The predicted molar refractivity (Wildman–Crippen MR) is 108 cm³/mol. The molecule has 0 saturated heterocycles. The van der Waals surface area contributed by atoms with Crippen LogP contribution in [0.1, 0.15) is 54.8 Å². The van der Waals surface area contributed by atoms with E-state index in [1.807, 2.05) is 13.8 Å². The van der Waals surface area contributed by atoms with Crippen LogP contribution in [0.4, 0.5) is 5.69 Å². The zero-order valence-electron chi connectivity index (χ0n) is 16.4. The summed E-state index contributed by atoms with van der Waals surface area (Å²) in [4.78, 5) is 24.4. The number of carbonyl (C=O) groups excluding carboxylic acids is 2. The molecule has 2 rings (SSSR count). The quantitative estimate of drug-likeness (QED) is 0.721. The Kier molecular flexibility index (Phi) is 7.41. The Bertz CT molecular complexity index is 752. The average molecular weight is 368 g/mol. The molecule has 27 heavy (non-hydrogen) atoms. The maximum absolute atomic E-state index is 12.4. The molecule has 0 saturated carbocycles. The van der Waals surface area contributed by atoms with Gasteiger partial charge < -0.3 is 15.4 Å². The number of hydrogen-bond acceptors (Lipinski definition) is 3. The molecule has 0 aliphatic carbocycles. The van der Waals surface area contributed by atoms with E-state index >= 15 is 0 Å². The number of nitrogens with one attached hydrogen (secondary N) is 2. The minimum atomic E-state index is -0.206. The number of amides is 2. The van der Waals surface area contributed by atoms with E-state index in [9.17, 15) is 9.59 Å². The fraction of sp³-hybridized carbons (Fsp3) is 0.364. The van der Waals surface area contributed by atoms with E-state index in [0.717, 1.165) is 12.2 Å². The van der Waals surface area contributed by atoms with Gasteiger partial charge in [0.2, 0.25) is 0 Å². The van der Waals surface area contributed by atoms with Crippen molar-refractivity contribution in [2.45, 2.75) is 40.2 Å². The highest BCUT2D eigenvalue weighted by atomic mass is 16.5. The van der Waals surface area contributed by atoms with Gasteiger partial charge in [-0.25, -0.2) is 0 Å². The molecule has 2 N–H and O–H groups in total. The number of benzene rings is 2. The van der Waals surface area contributed by atoms with Gasteiger partial charge in [-0.3, -0.25) is 9.59 Å². The minimum Gasteiger partial charge on any atom is -0.493 e. The van der Waals surface area contributed by atoms with Gasteiger partial charge in [-0.2, -0.15) is 0 Å². The smallest absolute Gasteiger partial charge is 0.255 e. The van der Waals surface area contributed by atoms with E-state index in [-0.39, 0.29) is 17.9 Å². The molecule has 0 heterocycles. The van der Waals surface area contributed by atoms with Gasteiger partial charge in [0.1, 0.15) is 5.75 Å². The summed E-state index contributed by atoms with van der Waals surface area (Å²) in [6.07, 6.45) is 0.876. The predicted octanol–water partition coefficient (Wildman–Crippen LogP) is 4.50. The summed E-state index contributed by atoms with van der Waals surface area (Å²) in [5, 5.41) is 5.75. The first-order valence-electron chi connectivity index (χ1n) is 9.34. The van der Waals surface area contributed by atoms with E-state index < -0.39 is 0 Å². The fourth-order valence-corrected chi connectivity index (χ4v) is 2.28. The van der Waals surface area contributed by atoms with Gasteiger partial charge in [0, 0.05) is 22.9 Å². The molecular formula is C22H28N2O3. The molecule has 144 valence electrons. The second kappa shape index (κ2) is 9.76. The van der Waals surface area contributed by atoms with Gasteiger partial charge in [-0.05, 0) is 67.8 Å². The molecule has 5 nitrogen and oxygen atoms in total. The number of anilines is 1. The number of ether oxygens (including phenoxy) is 1. The number of hydrogen-bond donors (Lipinski definition) is 2. The van der Waals surface area contributed by atoms with Crippen LogP contribution in [0.3, 0.4) is 0 Å². The molecule has 0 bridgehead atoms. The molecule has 0 spiro atoms. The van der Waals surface area contributed by atoms with Crippen LogP contribution in [0.15, 0.2) is 48.5 Å². The summed E-state index contributed by atoms with van der Waals surface area (Å²) in [5.74, 6) is 0.876. The Morgan fingerprint density at radius 2 is 1.44 bits per heavy atom. The summed E-state index contributed by atoms with van der Waals surface area (Å²) >= 11 is 0. The Morgan fingerprint density at radius 1 is 0.889 bits per heavy atom. The molecular weight excluding hydrogens is 340 g/mol. The van der Waals surface area contributed by atoms with Crippen LogP contribution in [0.5, 0.6) is 5.75 Å².